The fraction of sp³-hybridized carbons (Fsp3) is 0.385. The lowest BCUT2D eigenvalue weighted by Gasteiger charge is -2.20. The SMILES string of the molecule is COc1cc(/C=N/Nc2nc(N3CCCC3)nc(N3CCCC3)n2)ccc1OCc1ccc(F)cc1. The molecule has 2 saturated heterocycles. The van der Waals surface area contributed by atoms with Crippen molar-refractivity contribution in [3.05, 3.63) is 59.4 Å². The van der Waals surface area contributed by atoms with Crippen molar-refractivity contribution in [2.75, 3.05) is 48.5 Å². The summed E-state index contributed by atoms with van der Waals surface area (Å²) in [6.45, 7) is 4.15. The molecule has 1 N–H and O–H groups in total. The zero-order valence-electron chi connectivity index (χ0n) is 20.4. The molecule has 0 atom stereocenters. The molecule has 2 aliphatic heterocycles. The van der Waals surface area contributed by atoms with E-state index in [1.807, 2.05) is 18.2 Å². The maximum atomic E-state index is 13.1. The Morgan fingerprint density at radius 1 is 0.889 bits per heavy atom. The third-order valence-electron chi connectivity index (χ3n) is 6.26. The molecule has 0 aliphatic carbocycles. The van der Waals surface area contributed by atoms with Crippen LogP contribution in [0.25, 0.3) is 0 Å². The number of rotatable bonds is 9. The van der Waals surface area contributed by atoms with Gasteiger partial charge in [-0.15, -0.1) is 0 Å². The molecule has 10 heteroatoms. The van der Waals surface area contributed by atoms with Crippen molar-refractivity contribution in [2.24, 2.45) is 5.10 Å². The van der Waals surface area contributed by atoms with Gasteiger partial charge >= 0.3 is 0 Å². The van der Waals surface area contributed by atoms with Gasteiger partial charge in [0.25, 0.3) is 0 Å². The van der Waals surface area contributed by atoms with Gasteiger partial charge in [0.15, 0.2) is 11.5 Å². The molecule has 1 aromatic heterocycles. The van der Waals surface area contributed by atoms with E-state index in [2.05, 4.69) is 30.3 Å². The molecule has 0 amide bonds. The summed E-state index contributed by atoms with van der Waals surface area (Å²) in [6, 6.07) is 11.8. The molecule has 188 valence electrons. The van der Waals surface area contributed by atoms with Gasteiger partial charge in [0, 0.05) is 26.2 Å². The highest BCUT2D eigenvalue weighted by atomic mass is 19.1. The van der Waals surface area contributed by atoms with Gasteiger partial charge in [-0.3, -0.25) is 0 Å². The minimum Gasteiger partial charge on any atom is -0.493 e. The average molecular weight is 492 g/mol. The molecule has 0 bridgehead atoms. The highest BCUT2D eigenvalue weighted by molar-refractivity contribution is 5.81. The van der Waals surface area contributed by atoms with Crippen LogP contribution in [0, 0.1) is 5.82 Å². The van der Waals surface area contributed by atoms with Gasteiger partial charge in [-0.25, -0.2) is 9.82 Å². The first-order valence-electron chi connectivity index (χ1n) is 12.3. The van der Waals surface area contributed by atoms with E-state index in [0.29, 0.717) is 36.0 Å². The maximum absolute atomic E-state index is 13.1. The van der Waals surface area contributed by atoms with Gasteiger partial charge < -0.3 is 19.3 Å². The molecule has 36 heavy (non-hydrogen) atoms. The standard InChI is InChI=1S/C26H30FN7O2/c1-35-23-16-20(8-11-22(23)36-18-19-6-9-21(27)10-7-19)17-28-32-24-29-25(33-12-2-3-13-33)31-26(30-24)34-14-4-5-15-34/h6-11,16-17H,2-5,12-15,18H2,1H3,(H,29,30,31,32)/b28-17+. The lowest BCUT2D eigenvalue weighted by atomic mass is 10.2. The molecule has 0 spiro atoms. The quantitative estimate of drug-likeness (QED) is 0.351. The van der Waals surface area contributed by atoms with Crippen LogP contribution in [-0.4, -0.2) is 54.5 Å². The maximum Gasteiger partial charge on any atom is 0.250 e. The topological polar surface area (TPSA) is 88.0 Å². The van der Waals surface area contributed by atoms with Gasteiger partial charge in [-0.2, -0.15) is 20.1 Å². The fourth-order valence-electron chi connectivity index (χ4n) is 4.31. The Morgan fingerprint density at radius 3 is 2.14 bits per heavy atom. The second-order valence-corrected chi connectivity index (χ2v) is 8.84. The number of halogens is 1. The number of nitrogens with zero attached hydrogens (tertiary/aromatic N) is 6. The Balaban J connectivity index is 1.27. The van der Waals surface area contributed by atoms with E-state index in [1.165, 1.54) is 12.1 Å². The number of methoxy groups -OCH3 is 1. The Kier molecular flexibility index (Phi) is 7.39. The van der Waals surface area contributed by atoms with Crippen molar-refractivity contribution < 1.29 is 13.9 Å². The minimum absolute atomic E-state index is 0.273. The van der Waals surface area contributed by atoms with Crippen molar-refractivity contribution >= 4 is 24.1 Å². The monoisotopic (exact) mass is 491 g/mol. The van der Waals surface area contributed by atoms with Crippen LogP contribution < -0.4 is 24.7 Å². The van der Waals surface area contributed by atoms with Gasteiger partial charge in [-0.05, 0) is 67.1 Å². The van der Waals surface area contributed by atoms with E-state index in [4.69, 9.17) is 14.5 Å². The number of ether oxygens (including phenoxy) is 2. The number of hydrazone groups is 1. The van der Waals surface area contributed by atoms with E-state index >= 15 is 0 Å². The number of anilines is 3. The number of hydrogen-bond donors (Lipinski definition) is 1. The zero-order chi connectivity index (χ0) is 24.7. The molecule has 2 aliphatic rings. The van der Waals surface area contributed by atoms with Gasteiger partial charge in [0.05, 0.1) is 13.3 Å². The molecule has 5 rings (SSSR count). The average Bonchev–Trinajstić information content (AvgIpc) is 3.64. The summed E-state index contributed by atoms with van der Waals surface area (Å²) in [5, 5.41) is 4.36. The van der Waals surface area contributed by atoms with E-state index < -0.39 is 0 Å². The van der Waals surface area contributed by atoms with Crippen molar-refractivity contribution in [3.63, 3.8) is 0 Å². The molecule has 9 nitrogen and oxygen atoms in total. The van der Waals surface area contributed by atoms with Crippen molar-refractivity contribution in [1.82, 2.24) is 15.0 Å². The minimum atomic E-state index is -0.273. The van der Waals surface area contributed by atoms with Crippen LogP contribution in [0.15, 0.2) is 47.6 Å². The van der Waals surface area contributed by atoms with E-state index in [0.717, 1.165) is 63.0 Å². The summed E-state index contributed by atoms with van der Waals surface area (Å²) in [6.07, 6.45) is 6.28. The summed E-state index contributed by atoms with van der Waals surface area (Å²) in [7, 11) is 1.59. The zero-order valence-corrected chi connectivity index (χ0v) is 20.4. The molecule has 0 unspecified atom stereocenters. The van der Waals surface area contributed by atoms with Crippen LogP contribution in [0.2, 0.25) is 0 Å². The molecular weight excluding hydrogens is 461 g/mol. The van der Waals surface area contributed by atoms with Gasteiger partial charge in [0.2, 0.25) is 17.8 Å². The number of aromatic nitrogens is 3. The molecule has 3 aromatic rings. The molecule has 0 saturated carbocycles. The number of nitrogens with one attached hydrogen (secondary N) is 1. The van der Waals surface area contributed by atoms with Crippen LogP contribution in [-0.2, 0) is 6.61 Å². The lowest BCUT2D eigenvalue weighted by Crippen LogP contribution is -2.25. The first-order chi connectivity index (χ1) is 17.7. The first-order valence-corrected chi connectivity index (χ1v) is 12.3. The largest absolute Gasteiger partial charge is 0.493 e. The molecular formula is C26H30FN7O2. The van der Waals surface area contributed by atoms with Crippen LogP contribution in [0.5, 0.6) is 11.5 Å². The highest BCUT2D eigenvalue weighted by Crippen LogP contribution is 2.28. The normalized spacial score (nSPS) is 15.6. The van der Waals surface area contributed by atoms with Crippen LogP contribution in [0.4, 0.5) is 22.2 Å². The highest BCUT2D eigenvalue weighted by Gasteiger charge is 2.21. The van der Waals surface area contributed by atoms with Crippen LogP contribution >= 0.6 is 0 Å². The third-order valence-corrected chi connectivity index (χ3v) is 6.26. The van der Waals surface area contributed by atoms with E-state index in [-0.39, 0.29) is 5.82 Å². The molecule has 2 aromatic carbocycles. The molecule has 2 fully saturated rings. The van der Waals surface area contributed by atoms with Crippen LogP contribution in [0.3, 0.4) is 0 Å². The van der Waals surface area contributed by atoms with Crippen LogP contribution in [0.1, 0.15) is 36.8 Å². The Hall–Kier alpha value is -3.95. The second kappa shape index (κ2) is 11.2. The molecule has 0 radical (unpaired) electrons. The summed E-state index contributed by atoms with van der Waals surface area (Å²) in [4.78, 5) is 18.3. The summed E-state index contributed by atoms with van der Waals surface area (Å²) < 4.78 is 24.5. The Labute approximate surface area is 210 Å². The Morgan fingerprint density at radius 2 is 1.53 bits per heavy atom. The second-order valence-electron chi connectivity index (χ2n) is 8.84. The van der Waals surface area contributed by atoms with Crippen molar-refractivity contribution in [3.8, 4) is 11.5 Å². The van der Waals surface area contributed by atoms with Gasteiger partial charge in [-0.1, -0.05) is 12.1 Å². The Bertz CT molecular complexity index is 1160. The summed E-state index contributed by atoms with van der Waals surface area (Å²) >= 11 is 0. The number of hydrogen-bond acceptors (Lipinski definition) is 9. The van der Waals surface area contributed by atoms with Gasteiger partial charge in [0.1, 0.15) is 12.4 Å². The van der Waals surface area contributed by atoms with Crippen molar-refractivity contribution in [2.45, 2.75) is 32.3 Å². The smallest absolute Gasteiger partial charge is 0.250 e. The van der Waals surface area contributed by atoms with Crippen molar-refractivity contribution in [1.29, 1.82) is 0 Å². The predicted octanol–water partition coefficient (Wildman–Crippen LogP) is 4.24. The fourth-order valence-corrected chi connectivity index (χ4v) is 4.31. The summed E-state index contributed by atoms with van der Waals surface area (Å²) in [5.74, 6) is 2.73. The van der Waals surface area contributed by atoms with E-state index in [1.54, 1.807) is 25.5 Å². The number of benzene rings is 2. The summed E-state index contributed by atoms with van der Waals surface area (Å²) in [5.41, 5.74) is 4.66. The predicted molar refractivity (Wildman–Crippen MR) is 138 cm³/mol. The lowest BCUT2D eigenvalue weighted by molar-refractivity contribution is 0.284. The molecule has 3 heterocycles. The third kappa shape index (κ3) is 5.81. The van der Waals surface area contributed by atoms with E-state index in [9.17, 15) is 4.39 Å². The first kappa shape index (κ1) is 23.8.